The fourth-order valence-corrected chi connectivity index (χ4v) is 5.59. The summed E-state index contributed by atoms with van der Waals surface area (Å²) in [6.45, 7) is 11.7. The number of carbonyl (C=O) groups is 1. The molecule has 2 aliphatic rings. The number of benzene rings is 2. The molecule has 1 N–H and O–H groups in total. The number of aryl methyl sites for hydroxylation is 1. The number of unbranched alkanes of at least 4 members (excludes halogenated alkanes) is 4. The molecule has 3 nitrogen and oxygen atoms in total. The predicted molar refractivity (Wildman–Crippen MR) is 149 cm³/mol. The van der Waals surface area contributed by atoms with Crippen LogP contribution in [0.1, 0.15) is 89.8 Å². The van der Waals surface area contributed by atoms with Gasteiger partial charge in [0.1, 0.15) is 5.75 Å². The van der Waals surface area contributed by atoms with Gasteiger partial charge in [-0.05, 0) is 65.8 Å². The van der Waals surface area contributed by atoms with E-state index in [2.05, 4.69) is 70.2 Å². The van der Waals surface area contributed by atoms with Crippen molar-refractivity contribution in [1.82, 2.24) is 0 Å². The maximum Gasteiger partial charge on any atom is 0.328 e. The van der Waals surface area contributed by atoms with Gasteiger partial charge in [0, 0.05) is 22.6 Å². The Morgan fingerprint density at radius 2 is 1.83 bits per heavy atom. The lowest BCUT2D eigenvalue weighted by Crippen LogP contribution is -2.18. The molecular formula is C33H42O3. The Hall–Kier alpha value is -2.81. The molecule has 4 rings (SSSR count). The van der Waals surface area contributed by atoms with E-state index >= 15 is 0 Å². The van der Waals surface area contributed by atoms with Gasteiger partial charge < -0.3 is 9.84 Å². The molecule has 1 aliphatic heterocycles. The number of hydrogen-bond acceptors (Lipinski definition) is 2. The summed E-state index contributed by atoms with van der Waals surface area (Å²) in [5.41, 5.74) is 7.43. The first-order valence-electron chi connectivity index (χ1n) is 13.6. The van der Waals surface area contributed by atoms with Crippen LogP contribution in [0.4, 0.5) is 0 Å². The molecule has 0 aromatic heterocycles. The zero-order valence-electron chi connectivity index (χ0n) is 22.7. The van der Waals surface area contributed by atoms with Crippen molar-refractivity contribution in [3.63, 3.8) is 0 Å². The summed E-state index contributed by atoms with van der Waals surface area (Å²) in [6, 6.07) is 13.6. The maximum atomic E-state index is 11.0. The molecule has 0 spiro atoms. The highest BCUT2D eigenvalue weighted by molar-refractivity contribution is 5.81. The third-order valence-corrected chi connectivity index (χ3v) is 8.16. The highest BCUT2D eigenvalue weighted by Crippen LogP contribution is 2.57. The Morgan fingerprint density at radius 1 is 1.08 bits per heavy atom. The minimum Gasteiger partial charge on any atom is -0.492 e. The van der Waals surface area contributed by atoms with Crippen LogP contribution in [-0.4, -0.2) is 17.7 Å². The molecule has 1 fully saturated rings. The average Bonchev–Trinajstić information content (AvgIpc) is 3.41. The van der Waals surface area contributed by atoms with Crippen LogP contribution in [0.5, 0.6) is 5.75 Å². The van der Waals surface area contributed by atoms with Crippen molar-refractivity contribution in [2.75, 3.05) is 6.61 Å². The van der Waals surface area contributed by atoms with Gasteiger partial charge in [-0.25, -0.2) is 4.79 Å². The highest BCUT2D eigenvalue weighted by atomic mass is 16.5. The predicted octanol–water partition coefficient (Wildman–Crippen LogP) is 8.40. The second kappa shape index (κ2) is 10.7. The van der Waals surface area contributed by atoms with Crippen LogP contribution >= 0.6 is 0 Å². The topological polar surface area (TPSA) is 46.5 Å². The minimum absolute atomic E-state index is 0.0212. The molecule has 2 aromatic carbocycles. The number of carboxylic acids is 1. The third-order valence-electron chi connectivity index (χ3n) is 8.16. The van der Waals surface area contributed by atoms with E-state index in [1.54, 1.807) is 0 Å². The van der Waals surface area contributed by atoms with Crippen LogP contribution in [0.15, 0.2) is 60.2 Å². The van der Waals surface area contributed by atoms with Crippen molar-refractivity contribution in [3.05, 3.63) is 76.9 Å². The summed E-state index contributed by atoms with van der Waals surface area (Å²) >= 11 is 0. The Balaban J connectivity index is 1.68. The van der Waals surface area contributed by atoms with Crippen molar-refractivity contribution < 1.29 is 14.6 Å². The molecule has 2 aromatic rings. The molecule has 1 saturated carbocycles. The molecule has 1 heterocycles. The first kappa shape index (κ1) is 26.3. The molecule has 1 unspecified atom stereocenters. The number of fused-ring (bicyclic) bond motifs is 1. The summed E-state index contributed by atoms with van der Waals surface area (Å²) in [6.07, 6.45) is 14.0. The number of carboxylic acid groups (broad SMARTS) is 1. The average molecular weight is 487 g/mol. The van der Waals surface area contributed by atoms with E-state index in [0.29, 0.717) is 12.5 Å². The number of rotatable bonds is 11. The smallest absolute Gasteiger partial charge is 0.328 e. The Labute approximate surface area is 217 Å². The Morgan fingerprint density at radius 3 is 2.58 bits per heavy atom. The van der Waals surface area contributed by atoms with Gasteiger partial charge in [-0.3, -0.25) is 0 Å². The Kier molecular flexibility index (Phi) is 7.78. The van der Waals surface area contributed by atoms with Crippen LogP contribution in [0, 0.1) is 5.92 Å². The van der Waals surface area contributed by atoms with Gasteiger partial charge in [0.15, 0.2) is 0 Å². The lowest BCUT2D eigenvalue weighted by molar-refractivity contribution is -0.131. The van der Waals surface area contributed by atoms with Crippen LogP contribution < -0.4 is 4.74 Å². The minimum atomic E-state index is -0.898. The van der Waals surface area contributed by atoms with E-state index in [1.165, 1.54) is 66.0 Å². The van der Waals surface area contributed by atoms with Gasteiger partial charge in [-0.1, -0.05) is 95.9 Å². The summed E-state index contributed by atoms with van der Waals surface area (Å²) in [7, 11) is 0. The van der Waals surface area contributed by atoms with Crippen molar-refractivity contribution in [2.24, 2.45) is 5.92 Å². The molecule has 1 aliphatic carbocycles. The number of ether oxygens (including phenoxy) is 1. The molecule has 3 heteroatoms. The quantitative estimate of drug-likeness (QED) is 0.197. The van der Waals surface area contributed by atoms with Crippen LogP contribution in [0.25, 0.3) is 11.1 Å². The molecular weight excluding hydrogens is 444 g/mol. The lowest BCUT2D eigenvalue weighted by atomic mass is 9.80. The first-order valence-corrected chi connectivity index (χ1v) is 13.6. The fraction of sp³-hybridized carbons (Fsp3) is 0.485. The third kappa shape index (κ3) is 5.61. The fourth-order valence-electron chi connectivity index (χ4n) is 5.59. The summed E-state index contributed by atoms with van der Waals surface area (Å²) in [4.78, 5) is 11.0. The SMILES string of the molecule is CCCCCCCc1ccccc1-c1cc(C2(C)C[C@H]2C=CC(C)=CC(=O)O)cc2c1OCC2(C)C. The molecule has 36 heavy (non-hydrogen) atoms. The second-order valence-electron chi connectivity index (χ2n) is 11.7. The van der Waals surface area contributed by atoms with E-state index < -0.39 is 5.97 Å². The van der Waals surface area contributed by atoms with Crippen molar-refractivity contribution in [1.29, 1.82) is 0 Å². The molecule has 0 bridgehead atoms. The van der Waals surface area contributed by atoms with E-state index in [1.807, 2.05) is 13.0 Å². The van der Waals surface area contributed by atoms with Gasteiger partial charge in [-0.15, -0.1) is 0 Å². The number of aliphatic carboxylic acids is 1. The second-order valence-corrected chi connectivity index (χ2v) is 11.7. The summed E-state index contributed by atoms with van der Waals surface area (Å²) in [5.74, 6) is 0.559. The van der Waals surface area contributed by atoms with Crippen molar-refractivity contribution in [2.45, 2.75) is 90.4 Å². The van der Waals surface area contributed by atoms with Gasteiger partial charge in [0.25, 0.3) is 0 Å². The molecule has 0 saturated heterocycles. The van der Waals surface area contributed by atoms with Gasteiger partial charge >= 0.3 is 5.97 Å². The van der Waals surface area contributed by atoms with Gasteiger partial charge in [0.2, 0.25) is 0 Å². The van der Waals surface area contributed by atoms with Gasteiger partial charge in [0.05, 0.1) is 6.61 Å². The standard InChI is InChI=1S/C33H42O3/c1-6-7-8-9-10-13-24-14-11-12-15-27(24)28-19-26(20-29-31(28)36-22-32(29,3)4)33(5)21-25(33)17-16-23(2)18-30(34)35/h11-12,14-20,25H,6-10,13,21-22H2,1-5H3,(H,34,35)/t25-,33?/m1/s1. The summed E-state index contributed by atoms with van der Waals surface area (Å²) < 4.78 is 6.37. The zero-order valence-corrected chi connectivity index (χ0v) is 22.7. The zero-order chi connectivity index (χ0) is 25.9. The van der Waals surface area contributed by atoms with Crippen LogP contribution in [0.2, 0.25) is 0 Å². The molecule has 2 atom stereocenters. The number of allylic oxidation sites excluding steroid dienone is 3. The van der Waals surface area contributed by atoms with Crippen LogP contribution in [0.3, 0.4) is 0 Å². The Bertz CT molecular complexity index is 1170. The molecule has 0 amide bonds. The van der Waals surface area contributed by atoms with E-state index in [0.717, 1.165) is 24.2 Å². The molecule has 0 radical (unpaired) electrons. The van der Waals surface area contributed by atoms with E-state index in [4.69, 9.17) is 9.84 Å². The molecule has 192 valence electrons. The number of hydrogen-bond donors (Lipinski definition) is 1. The normalized spacial score (nSPS) is 22.5. The first-order chi connectivity index (χ1) is 17.2. The largest absolute Gasteiger partial charge is 0.492 e. The summed E-state index contributed by atoms with van der Waals surface area (Å²) in [5, 5.41) is 9.02. The lowest BCUT2D eigenvalue weighted by Gasteiger charge is -2.21. The van der Waals surface area contributed by atoms with Crippen molar-refractivity contribution in [3.8, 4) is 16.9 Å². The van der Waals surface area contributed by atoms with E-state index in [-0.39, 0.29) is 10.8 Å². The highest BCUT2D eigenvalue weighted by Gasteiger charge is 2.50. The van der Waals surface area contributed by atoms with E-state index in [9.17, 15) is 4.79 Å². The van der Waals surface area contributed by atoms with Crippen molar-refractivity contribution >= 4 is 5.97 Å². The monoisotopic (exact) mass is 486 g/mol. The van der Waals surface area contributed by atoms with Gasteiger partial charge in [-0.2, -0.15) is 0 Å². The maximum absolute atomic E-state index is 11.0. The van der Waals surface area contributed by atoms with Crippen LogP contribution in [-0.2, 0) is 22.0 Å².